The number of rotatable bonds is 8. The monoisotopic (exact) mass is 407 g/mol. The van der Waals surface area contributed by atoms with Gasteiger partial charge in [-0.25, -0.2) is 0 Å². The van der Waals surface area contributed by atoms with Crippen LogP contribution >= 0.6 is 15.9 Å². The van der Waals surface area contributed by atoms with Gasteiger partial charge in [0.1, 0.15) is 23.9 Å². The van der Waals surface area contributed by atoms with Crippen LogP contribution in [0, 0.1) is 13.8 Å². The third kappa shape index (κ3) is 5.98. The van der Waals surface area contributed by atoms with E-state index in [2.05, 4.69) is 21.2 Å². The molecule has 0 bridgehead atoms. The van der Waals surface area contributed by atoms with Gasteiger partial charge in [0.25, 0.3) is 5.91 Å². The topological polar surface area (TPSA) is 56.8 Å². The van der Waals surface area contributed by atoms with Crippen LogP contribution in [0.1, 0.15) is 11.1 Å². The first-order chi connectivity index (χ1) is 12.0. The molecule has 0 radical (unpaired) electrons. The Balaban J connectivity index is 1.70. The largest absolute Gasteiger partial charge is 0.497 e. The average Bonchev–Trinajstić information content (AvgIpc) is 2.61. The van der Waals surface area contributed by atoms with Gasteiger partial charge in [0.05, 0.1) is 13.7 Å². The fourth-order valence-corrected chi connectivity index (χ4v) is 2.47. The summed E-state index contributed by atoms with van der Waals surface area (Å²) in [6.45, 7) is 4.72. The van der Waals surface area contributed by atoms with Crippen molar-refractivity contribution in [2.45, 2.75) is 13.8 Å². The summed E-state index contributed by atoms with van der Waals surface area (Å²) in [5, 5.41) is 2.76. The number of nitrogens with one attached hydrogen (secondary N) is 1. The number of carbonyl (C=O) groups excluding carboxylic acids is 1. The van der Waals surface area contributed by atoms with E-state index in [0.29, 0.717) is 24.7 Å². The molecule has 0 aromatic heterocycles. The molecule has 134 valence electrons. The van der Waals surface area contributed by atoms with Gasteiger partial charge in [-0.05, 0) is 49.2 Å². The number of benzene rings is 2. The molecule has 0 aliphatic rings. The van der Waals surface area contributed by atoms with E-state index in [4.69, 9.17) is 14.2 Å². The average molecular weight is 408 g/mol. The number of carbonyl (C=O) groups is 1. The Hall–Kier alpha value is -2.21. The van der Waals surface area contributed by atoms with Crippen LogP contribution in [0.4, 0.5) is 0 Å². The first-order valence-electron chi connectivity index (χ1n) is 7.92. The van der Waals surface area contributed by atoms with Crippen molar-refractivity contribution in [3.05, 3.63) is 52.0 Å². The Bertz CT molecular complexity index is 710. The van der Waals surface area contributed by atoms with Crippen LogP contribution in [-0.4, -0.2) is 32.8 Å². The van der Waals surface area contributed by atoms with Crippen LogP contribution in [0.25, 0.3) is 0 Å². The lowest BCUT2D eigenvalue weighted by atomic mass is 10.1. The SMILES string of the molecule is COc1cccc(OCCNC(=O)COc2cc(C)c(Br)c(C)c2)c1. The van der Waals surface area contributed by atoms with Gasteiger partial charge in [0.15, 0.2) is 6.61 Å². The van der Waals surface area contributed by atoms with Crippen molar-refractivity contribution in [3.63, 3.8) is 0 Å². The second-order valence-corrected chi connectivity index (χ2v) is 6.33. The predicted molar refractivity (Wildman–Crippen MR) is 101 cm³/mol. The quantitative estimate of drug-likeness (QED) is 0.678. The maximum atomic E-state index is 11.8. The zero-order valence-electron chi connectivity index (χ0n) is 14.6. The third-order valence-electron chi connectivity index (χ3n) is 3.51. The van der Waals surface area contributed by atoms with Crippen molar-refractivity contribution in [2.24, 2.45) is 0 Å². The zero-order chi connectivity index (χ0) is 18.2. The van der Waals surface area contributed by atoms with Gasteiger partial charge in [-0.15, -0.1) is 0 Å². The van der Waals surface area contributed by atoms with Crippen LogP contribution in [-0.2, 0) is 4.79 Å². The van der Waals surface area contributed by atoms with Crippen molar-refractivity contribution in [2.75, 3.05) is 26.9 Å². The Labute approximate surface area is 156 Å². The molecule has 0 saturated carbocycles. The fraction of sp³-hybridized carbons (Fsp3) is 0.316. The molecule has 25 heavy (non-hydrogen) atoms. The van der Waals surface area contributed by atoms with E-state index in [1.165, 1.54) is 0 Å². The minimum Gasteiger partial charge on any atom is -0.497 e. The first-order valence-corrected chi connectivity index (χ1v) is 8.72. The zero-order valence-corrected chi connectivity index (χ0v) is 16.2. The molecule has 2 aromatic rings. The minimum atomic E-state index is -0.188. The summed E-state index contributed by atoms with van der Waals surface area (Å²) in [4.78, 5) is 11.8. The van der Waals surface area contributed by atoms with Gasteiger partial charge in [-0.3, -0.25) is 4.79 Å². The highest BCUT2D eigenvalue weighted by Gasteiger charge is 2.06. The first kappa shape index (κ1) is 19.1. The van der Waals surface area contributed by atoms with E-state index >= 15 is 0 Å². The lowest BCUT2D eigenvalue weighted by Gasteiger charge is -2.11. The van der Waals surface area contributed by atoms with Gasteiger partial charge in [-0.1, -0.05) is 22.0 Å². The number of hydrogen-bond acceptors (Lipinski definition) is 4. The smallest absolute Gasteiger partial charge is 0.258 e. The Morgan fingerprint density at radius 3 is 2.40 bits per heavy atom. The number of hydrogen-bond donors (Lipinski definition) is 1. The standard InChI is InChI=1S/C19H22BrNO4/c1-13-9-17(10-14(2)19(13)20)25-12-18(22)21-7-8-24-16-6-4-5-15(11-16)23-3/h4-6,9-11H,7-8,12H2,1-3H3,(H,21,22). The molecule has 0 saturated heterocycles. The maximum Gasteiger partial charge on any atom is 0.258 e. The molecular formula is C19H22BrNO4. The van der Waals surface area contributed by atoms with E-state index in [9.17, 15) is 4.79 Å². The molecule has 2 rings (SSSR count). The second-order valence-electron chi connectivity index (χ2n) is 5.54. The van der Waals surface area contributed by atoms with Crippen LogP contribution in [0.2, 0.25) is 0 Å². The molecule has 0 unspecified atom stereocenters. The second kappa shape index (κ2) is 9.32. The van der Waals surface area contributed by atoms with E-state index < -0.39 is 0 Å². The van der Waals surface area contributed by atoms with E-state index in [1.54, 1.807) is 13.2 Å². The molecule has 6 heteroatoms. The Morgan fingerprint density at radius 2 is 1.72 bits per heavy atom. The molecule has 0 atom stereocenters. The van der Waals surface area contributed by atoms with Gasteiger partial charge < -0.3 is 19.5 Å². The lowest BCUT2D eigenvalue weighted by molar-refractivity contribution is -0.123. The maximum absolute atomic E-state index is 11.8. The molecule has 0 heterocycles. The summed E-state index contributed by atoms with van der Waals surface area (Å²) in [7, 11) is 1.60. The van der Waals surface area contributed by atoms with Crippen LogP contribution < -0.4 is 19.5 Å². The molecule has 1 N–H and O–H groups in total. The molecular weight excluding hydrogens is 386 g/mol. The van der Waals surface area contributed by atoms with Crippen molar-refractivity contribution < 1.29 is 19.0 Å². The molecule has 0 fully saturated rings. The Morgan fingerprint density at radius 1 is 1.04 bits per heavy atom. The number of ether oxygens (including phenoxy) is 3. The van der Waals surface area contributed by atoms with Gasteiger partial charge in [0, 0.05) is 10.5 Å². The summed E-state index contributed by atoms with van der Waals surface area (Å²) in [6.07, 6.45) is 0. The normalized spacial score (nSPS) is 10.2. The molecule has 5 nitrogen and oxygen atoms in total. The highest BCUT2D eigenvalue weighted by Crippen LogP contribution is 2.26. The van der Waals surface area contributed by atoms with Gasteiger partial charge in [-0.2, -0.15) is 0 Å². The number of aryl methyl sites for hydroxylation is 2. The lowest BCUT2D eigenvalue weighted by Crippen LogP contribution is -2.32. The van der Waals surface area contributed by atoms with Gasteiger partial charge >= 0.3 is 0 Å². The van der Waals surface area contributed by atoms with Crippen molar-refractivity contribution in [3.8, 4) is 17.2 Å². The van der Waals surface area contributed by atoms with E-state index in [-0.39, 0.29) is 12.5 Å². The summed E-state index contributed by atoms with van der Waals surface area (Å²) in [6, 6.07) is 11.1. The van der Waals surface area contributed by atoms with Crippen LogP contribution in [0.3, 0.4) is 0 Å². The van der Waals surface area contributed by atoms with Crippen LogP contribution in [0.5, 0.6) is 17.2 Å². The van der Waals surface area contributed by atoms with Gasteiger partial charge in [0.2, 0.25) is 0 Å². The summed E-state index contributed by atoms with van der Waals surface area (Å²) in [5.41, 5.74) is 2.14. The third-order valence-corrected chi connectivity index (χ3v) is 4.76. The summed E-state index contributed by atoms with van der Waals surface area (Å²) >= 11 is 3.51. The molecule has 0 aliphatic heterocycles. The summed E-state index contributed by atoms with van der Waals surface area (Å²) in [5.74, 6) is 1.93. The minimum absolute atomic E-state index is 0.0281. The van der Waals surface area contributed by atoms with E-state index in [1.807, 2.05) is 44.2 Å². The highest BCUT2D eigenvalue weighted by molar-refractivity contribution is 9.10. The van der Waals surface area contributed by atoms with Crippen molar-refractivity contribution >= 4 is 21.8 Å². The number of halogens is 1. The Kier molecular flexibility index (Phi) is 7.13. The molecule has 2 aromatic carbocycles. The molecule has 1 amide bonds. The molecule has 0 spiro atoms. The van der Waals surface area contributed by atoms with Crippen molar-refractivity contribution in [1.82, 2.24) is 5.32 Å². The van der Waals surface area contributed by atoms with E-state index in [0.717, 1.165) is 21.3 Å². The fourth-order valence-electron chi connectivity index (χ4n) is 2.24. The van der Waals surface area contributed by atoms with Crippen molar-refractivity contribution in [1.29, 1.82) is 0 Å². The molecule has 0 aliphatic carbocycles. The highest BCUT2D eigenvalue weighted by atomic mass is 79.9. The summed E-state index contributed by atoms with van der Waals surface area (Å²) < 4.78 is 17.3. The number of methoxy groups -OCH3 is 1. The van der Waals surface area contributed by atoms with Crippen LogP contribution in [0.15, 0.2) is 40.9 Å². The predicted octanol–water partition coefficient (Wildman–Crippen LogP) is 3.65. The number of amides is 1.